The first-order chi connectivity index (χ1) is 9.09. The van der Waals surface area contributed by atoms with Crippen LogP contribution < -0.4 is 5.73 Å². The molecular formula is C14H20ClN3O. The molecule has 5 heteroatoms. The molecule has 0 atom stereocenters. The molecule has 1 amide bonds. The van der Waals surface area contributed by atoms with E-state index in [-0.39, 0.29) is 5.91 Å². The average molecular weight is 282 g/mol. The molecule has 0 radical (unpaired) electrons. The van der Waals surface area contributed by atoms with Gasteiger partial charge in [-0.2, -0.15) is 0 Å². The largest absolute Gasteiger partial charge is 0.397 e. The van der Waals surface area contributed by atoms with Crippen LogP contribution in [0.1, 0.15) is 48.9 Å². The van der Waals surface area contributed by atoms with Crippen LogP contribution in [0.4, 0.5) is 5.69 Å². The molecule has 2 N–H and O–H groups in total. The number of carbonyl (C=O) groups excluding carboxylic acids is 1. The molecule has 2 rings (SSSR count). The number of halogens is 1. The van der Waals surface area contributed by atoms with Crippen LogP contribution in [0, 0.1) is 0 Å². The maximum Gasteiger partial charge on any atom is 0.256 e. The molecule has 1 aromatic heterocycles. The molecule has 0 saturated heterocycles. The summed E-state index contributed by atoms with van der Waals surface area (Å²) in [6.45, 7) is 0. The minimum Gasteiger partial charge on any atom is -0.397 e. The molecule has 19 heavy (non-hydrogen) atoms. The van der Waals surface area contributed by atoms with Gasteiger partial charge in [-0.25, -0.2) is 4.98 Å². The molecule has 1 aromatic rings. The Morgan fingerprint density at radius 3 is 2.63 bits per heavy atom. The lowest BCUT2D eigenvalue weighted by atomic mass is 10.1. The molecule has 1 saturated carbocycles. The molecule has 1 fully saturated rings. The Labute approximate surface area is 118 Å². The van der Waals surface area contributed by atoms with E-state index in [1.54, 1.807) is 6.07 Å². The maximum atomic E-state index is 12.5. The van der Waals surface area contributed by atoms with Gasteiger partial charge in [0.25, 0.3) is 5.91 Å². The Bertz CT molecular complexity index is 456. The first-order valence-corrected chi connectivity index (χ1v) is 7.15. The monoisotopic (exact) mass is 281 g/mol. The van der Waals surface area contributed by atoms with Crippen molar-refractivity contribution in [3.05, 3.63) is 23.0 Å². The van der Waals surface area contributed by atoms with Gasteiger partial charge in [0, 0.05) is 13.1 Å². The van der Waals surface area contributed by atoms with Gasteiger partial charge in [-0.05, 0) is 18.9 Å². The average Bonchev–Trinajstić information content (AvgIpc) is 2.69. The Morgan fingerprint density at radius 2 is 2.00 bits per heavy atom. The van der Waals surface area contributed by atoms with Crippen LogP contribution in [0.3, 0.4) is 0 Å². The van der Waals surface area contributed by atoms with Crippen molar-refractivity contribution in [2.24, 2.45) is 0 Å². The van der Waals surface area contributed by atoms with Gasteiger partial charge in [-0.1, -0.05) is 37.3 Å². The topological polar surface area (TPSA) is 59.2 Å². The Balaban J connectivity index is 2.15. The fourth-order valence-electron chi connectivity index (χ4n) is 2.63. The fraction of sp³-hybridized carbons (Fsp3) is 0.571. The molecular weight excluding hydrogens is 262 g/mol. The lowest BCUT2D eigenvalue weighted by Crippen LogP contribution is -2.37. The van der Waals surface area contributed by atoms with Crippen molar-refractivity contribution in [1.82, 2.24) is 9.88 Å². The number of carbonyl (C=O) groups is 1. The van der Waals surface area contributed by atoms with Crippen LogP contribution in [-0.2, 0) is 0 Å². The molecule has 4 nitrogen and oxygen atoms in total. The zero-order valence-electron chi connectivity index (χ0n) is 11.2. The van der Waals surface area contributed by atoms with Crippen molar-refractivity contribution < 1.29 is 4.79 Å². The number of anilines is 1. The third kappa shape index (κ3) is 3.38. The number of nitrogens with two attached hydrogens (primary N) is 1. The Hall–Kier alpha value is -1.29. The SMILES string of the molecule is CN(C(=O)c1cc(Cl)ncc1N)C1CCCCCC1. The van der Waals surface area contributed by atoms with Gasteiger partial charge in [0.05, 0.1) is 17.4 Å². The number of hydrogen-bond acceptors (Lipinski definition) is 3. The van der Waals surface area contributed by atoms with E-state index in [1.165, 1.54) is 31.9 Å². The van der Waals surface area contributed by atoms with Gasteiger partial charge in [0.15, 0.2) is 0 Å². The van der Waals surface area contributed by atoms with Crippen molar-refractivity contribution in [3.8, 4) is 0 Å². The summed E-state index contributed by atoms with van der Waals surface area (Å²) < 4.78 is 0. The lowest BCUT2D eigenvalue weighted by Gasteiger charge is -2.27. The van der Waals surface area contributed by atoms with Crippen LogP contribution in [0.2, 0.25) is 5.15 Å². The van der Waals surface area contributed by atoms with Gasteiger partial charge in [-0.15, -0.1) is 0 Å². The summed E-state index contributed by atoms with van der Waals surface area (Å²) in [7, 11) is 1.85. The highest BCUT2D eigenvalue weighted by atomic mass is 35.5. The second-order valence-electron chi connectivity index (χ2n) is 5.16. The van der Waals surface area contributed by atoms with Crippen LogP contribution >= 0.6 is 11.6 Å². The number of pyridine rings is 1. The highest BCUT2D eigenvalue weighted by Crippen LogP contribution is 2.24. The maximum absolute atomic E-state index is 12.5. The number of nitrogen functional groups attached to an aromatic ring is 1. The number of rotatable bonds is 2. The summed E-state index contributed by atoms with van der Waals surface area (Å²) in [5.41, 5.74) is 6.65. The lowest BCUT2D eigenvalue weighted by molar-refractivity contribution is 0.0718. The Kier molecular flexibility index (Phi) is 4.64. The molecule has 104 valence electrons. The fourth-order valence-corrected chi connectivity index (χ4v) is 2.78. The zero-order chi connectivity index (χ0) is 13.8. The van der Waals surface area contributed by atoms with E-state index in [1.807, 2.05) is 11.9 Å². The molecule has 0 spiro atoms. The second-order valence-corrected chi connectivity index (χ2v) is 5.54. The van der Waals surface area contributed by atoms with Crippen molar-refractivity contribution >= 4 is 23.2 Å². The number of aromatic nitrogens is 1. The normalized spacial score (nSPS) is 16.9. The molecule has 1 aliphatic carbocycles. The summed E-state index contributed by atoms with van der Waals surface area (Å²) in [4.78, 5) is 18.2. The summed E-state index contributed by atoms with van der Waals surface area (Å²) in [6.07, 6.45) is 8.49. The van der Waals surface area contributed by atoms with E-state index >= 15 is 0 Å². The highest BCUT2D eigenvalue weighted by molar-refractivity contribution is 6.29. The van der Waals surface area contributed by atoms with Gasteiger partial charge in [0.2, 0.25) is 0 Å². The molecule has 1 aliphatic rings. The van der Waals surface area contributed by atoms with Crippen LogP contribution in [0.15, 0.2) is 12.3 Å². The van der Waals surface area contributed by atoms with E-state index in [2.05, 4.69) is 4.98 Å². The second kappa shape index (κ2) is 6.24. The number of nitrogens with zero attached hydrogens (tertiary/aromatic N) is 2. The van der Waals surface area contributed by atoms with E-state index in [4.69, 9.17) is 17.3 Å². The van der Waals surface area contributed by atoms with E-state index in [9.17, 15) is 4.79 Å². The van der Waals surface area contributed by atoms with E-state index < -0.39 is 0 Å². The molecule has 0 unspecified atom stereocenters. The molecule has 0 bridgehead atoms. The van der Waals surface area contributed by atoms with E-state index in [0.29, 0.717) is 22.4 Å². The molecule has 0 aliphatic heterocycles. The number of amides is 1. The molecule has 0 aromatic carbocycles. The predicted molar refractivity (Wildman–Crippen MR) is 77.2 cm³/mol. The van der Waals surface area contributed by atoms with Crippen LogP contribution in [0.25, 0.3) is 0 Å². The quantitative estimate of drug-likeness (QED) is 0.669. The van der Waals surface area contributed by atoms with Crippen LogP contribution in [-0.4, -0.2) is 28.9 Å². The van der Waals surface area contributed by atoms with Crippen LogP contribution in [0.5, 0.6) is 0 Å². The molecule has 1 heterocycles. The minimum atomic E-state index is -0.0614. The number of hydrogen-bond donors (Lipinski definition) is 1. The van der Waals surface area contributed by atoms with Crippen molar-refractivity contribution in [3.63, 3.8) is 0 Å². The first-order valence-electron chi connectivity index (χ1n) is 6.78. The van der Waals surface area contributed by atoms with Crippen molar-refractivity contribution in [2.75, 3.05) is 12.8 Å². The standard InChI is InChI=1S/C14H20ClN3O/c1-18(10-6-4-2-3-5-7-10)14(19)11-8-13(15)17-9-12(11)16/h8-10H,2-7,16H2,1H3. The summed E-state index contributed by atoms with van der Waals surface area (Å²) >= 11 is 5.84. The summed E-state index contributed by atoms with van der Waals surface area (Å²) in [5.74, 6) is -0.0614. The van der Waals surface area contributed by atoms with Gasteiger partial charge in [-0.3, -0.25) is 4.79 Å². The minimum absolute atomic E-state index is 0.0614. The van der Waals surface area contributed by atoms with Crippen molar-refractivity contribution in [2.45, 2.75) is 44.6 Å². The van der Waals surface area contributed by atoms with E-state index in [0.717, 1.165) is 12.8 Å². The smallest absolute Gasteiger partial charge is 0.256 e. The predicted octanol–water partition coefficient (Wildman–Crippen LogP) is 3.11. The highest BCUT2D eigenvalue weighted by Gasteiger charge is 2.23. The summed E-state index contributed by atoms with van der Waals surface area (Å²) in [5, 5.41) is 0.298. The van der Waals surface area contributed by atoms with Gasteiger partial charge < -0.3 is 10.6 Å². The first kappa shape index (κ1) is 14.1. The van der Waals surface area contributed by atoms with Crippen molar-refractivity contribution in [1.29, 1.82) is 0 Å². The summed E-state index contributed by atoms with van der Waals surface area (Å²) in [6, 6.07) is 1.85. The third-order valence-corrected chi connectivity index (χ3v) is 4.03. The Morgan fingerprint density at radius 1 is 1.37 bits per heavy atom. The third-order valence-electron chi connectivity index (χ3n) is 3.82. The van der Waals surface area contributed by atoms with Gasteiger partial charge in [0.1, 0.15) is 5.15 Å². The zero-order valence-corrected chi connectivity index (χ0v) is 12.0. The van der Waals surface area contributed by atoms with Gasteiger partial charge >= 0.3 is 0 Å².